The Hall–Kier alpha value is -2.40. The zero-order chi connectivity index (χ0) is 22.5. The molecule has 5 heteroatoms. The number of carbonyl (C=O) groups is 2. The van der Waals surface area contributed by atoms with Crippen LogP contribution in [0.25, 0.3) is 11.6 Å². The summed E-state index contributed by atoms with van der Waals surface area (Å²) in [5, 5.41) is 12.1. The number of nitrogens with one attached hydrogen (secondary N) is 1. The summed E-state index contributed by atoms with van der Waals surface area (Å²) in [6.07, 6.45) is 12.6. The third kappa shape index (κ3) is 5.15. The number of aliphatic hydroxyl groups excluding tert-OH is 1. The van der Waals surface area contributed by atoms with Crippen molar-refractivity contribution in [1.29, 1.82) is 0 Å². The Balaban J connectivity index is 1.46. The smallest absolute Gasteiger partial charge is 0.222 e. The molecule has 2 N–H and O–H groups in total. The van der Waals surface area contributed by atoms with E-state index < -0.39 is 0 Å². The number of fused-ring (bicyclic) bond motifs is 2. The van der Waals surface area contributed by atoms with E-state index in [0.29, 0.717) is 24.7 Å². The maximum atomic E-state index is 12.8. The first-order valence-corrected chi connectivity index (χ1v) is 12.2. The summed E-state index contributed by atoms with van der Waals surface area (Å²) in [4.78, 5) is 26.0. The number of rotatable bonds is 5. The molecule has 5 nitrogen and oxygen atoms in total. The van der Waals surface area contributed by atoms with Crippen LogP contribution >= 0.6 is 0 Å². The summed E-state index contributed by atoms with van der Waals surface area (Å²) in [6, 6.07) is 8.45. The molecular weight excluding hydrogens is 400 g/mol. The molecule has 1 aliphatic heterocycles. The van der Waals surface area contributed by atoms with Crippen LogP contribution in [-0.4, -0.2) is 47.6 Å². The van der Waals surface area contributed by atoms with Crippen LogP contribution in [0.3, 0.4) is 0 Å². The van der Waals surface area contributed by atoms with Crippen molar-refractivity contribution in [1.82, 2.24) is 10.2 Å². The highest BCUT2D eigenvalue weighted by atomic mass is 16.3. The number of hydrogen-bond donors (Lipinski definition) is 2. The summed E-state index contributed by atoms with van der Waals surface area (Å²) in [6.45, 7) is 2.81. The quantitative estimate of drug-likeness (QED) is 0.728. The van der Waals surface area contributed by atoms with Gasteiger partial charge in [-0.3, -0.25) is 9.59 Å². The van der Waals surface area contributed by atoms with Gasteiger partial charge in [0.2, 0.25) is 11.8 Å². The van der Waals surface area contributed by atoms with Crippen LogP contribution in [0, 0.1) is 11.8 Å². The van der Waals surface area contributed by atoms with E-state index in [2.05, 4.69) is 41.7 Å². The number of benzene rings is 1. The molecule has 4 rings (SSSR count). The summed E-state index contributed by atoms with van der Waals surface area (Å²) >= 11 is 0. The Bertz CT molecular complexity index is 894. The fourth-order valence-electron chi connectivity index (χ4n) is 5.76. The van der Waals surface area contributed by atoms with Crippen LogP contribution in [0.5, 0.6) is 0 Å². The Morgan fingerprint density at radius 3 is 2.66 bits per heavy atom. The zero-order valence-electron chi connectivity index (χ0n) is 19.2. The van der Waals surface area contributed by atoms with Gasteiger partial charge in [-0.15, -0.1) is 0 Å². The van der Waals surface area contributed by atoms with E-state index in [9.17, 15) is 14.7 Å². The molecule has 0 spiro atoms. The fourth-order valence-corrected chi connectivity index (χ4v) is 5.76. The van der Waals surface area contributed by atoms with Crippen molar-refractivity contribution in [3.8, 4) is 0 Å². The predicted octanol–water partition coefficient (Wildman–Crippen LogP) is 4.17. The number of aliphatic hydroxyl groups is 1. The van der Waals surface area contributed by atoms with Crippen LogP contribution in [0.15, 0.2) is 35.9 Å². The molecule has 1 heterocycles. The van der Waals surface area contributed by atoms with Crippen LogP contribution in [0.2, 0.25) is 0 Å². The topological polar surface area (TPSA) is 69.6 Å². The fraction of sp³-hybridized carbons (Fsp3) is 0.556. The minimum atomic E-state index is -0.350. The van der Waals surface area contributed by atoms with E-state index >= 15 is 0 Å². The van der Waals surface area contributed by atoms with Gasteiger partial charge in [0.15, 0.2) is 0 Å². The van der Waals surface area contributed by atoms with E-state index in [-0.39, 0.29) is 24.5 Å². The summed E-state index contributed by atoms with van der Waals surface area (Å²) in [5.41, 5.74) is 5.83. The van der Waals surface area contributed by atoms with E-state index in [0.717, 1.165) is 25.9 Å². The molecule has 2 amide bonds. The number of amides is 2. The van der Waals surface area contributed by atoms with Gasteiger partial charge in [0.1, 0.15) is 0 Å². The van der Waals surface area contributed by atoms with E-state index in [1.165, 1.54) is 49.3 Å². The number of allylic oxidation sites excluding steroid dienone is 2. The number of carbonyl (C=O) groups excluding carboxylic acids is 2. The molecule has 1 saturated heterocycles. The van der Waals surface area contributed by atoms with Crippen molar-refractivity contribution in [3.63, 3.8) is 0 Å². The number of hydrogen-bond acceptors (Lipinski definition) is 3. The molecule has 172 valence electrons. The average Bonchev–Trinajstić information content (AvgIpc) is 2.98. The number of piperidine rings is 1. The third-order valence-electron chi connectivity index (χ3n) is 7.40. The lowest BCUT2D eigenvalue weighted by molar-refractivity contribution is -0.132. The molecule has 0 bridgehead atoms. The van der Waals surface area contributed by atoms with Gasteiger partial charge in [0, 0.05) is 26.4 Å². The summed E-state index contributed by atoms with van der Waals surface area (Å²) in [5.74, 6) is 1.17. The Morgan fingerprint density at radius 2 is 1.91 bits per heavy atom. The molecule has 0 radical (unpaired) electrons. The maximum Gasteiger partial charge on any atom is 0.222 e. The van der Waals surface area contributed by atoms with Gasteiger partial charge in [0.05, 0.1) is 12.6 Å². The molecule has 32 heavy (non-hydrogen) atoms. The van der Waals surface area contributed by atoms with Gasteiger partial charge >= 0.3 is 0 Å². The van der Waals surface area contributed by atoms with Crippen LogP contribution in [-0.2, 0) is 9.59 Å². The zero-order valence-corrected chi connectivity index (χ0v) is 19.2. The normalized spacial score (nSPS) is 23.8. The van der Waals surface area contributed by atoms with Gasteiger partial charge in [0.25, 0.3) is 0 Å². The molecule has 3 aliphatic rings. The predicted molar refractivity (Wildman–Crippen MR) is 128 cm³/mol. The SMILES string of the molecule is CC(=O)N[C@H](CO)CCC(=O)N1CCC(=C2c3ccccc3C=CC3CCCC[C@@H]23)CC1. The Kier molecular flexibility index (Phi) is 7.46. The van der Waals surface area contributed by atoms with Crippen molar-refractivity contribution in [2.45, 2.75) is 64.3 Å². The Morgan fingerprint density at radius 1 is 1.16 bits per heavy atom. The molecule has 0 aromatic heterocycles. The first-order valence-electron chi connectivity index (χ1n) is 12.2. The molecule has 1 aromatic rings. The second kappa shape index (κ2) is 10.5. The summed E-state index contributed by atoms with van der Waals surface area (Å²) < 4.78 is 0. The first kappa shape index (κ1) is 22.8. The molecule has 2 aliphatic carbocycles. The van der Waals surface area contributed by atoms with Crippen LogP contribution in [0.4, 0.5) is 0 Å². The molecule has 1 aromatic carbocycles. The standard InChI is InChI=1S/C27H36N2O3/c1-19(31)28-23(18-30)12-13-26(32)29-16-14-22(15-17-29)27-24-8-4-2-6-20(24)10-11-21-7-3-5-9-25(21)27/h2,4,6,8,10-11,21,23,25,30H,3,5,7,9,12-18H2,1H3,(H,28,31)/t21?,23-,25+/m0/s1. The van der Waals surface area contributed by atoms with E-state index in [1.54, 1.807) is 5.57 Å². The summed E-state index contributed by atoms with van der Waals surface area (Å²) in [7, 11) is 0. The van der Waals surface area contributed by atoms with E-state index in [4.69, 9.17) is 0 Å². The molecular formula is C27H36N2O3. The largest absolute Gasteiger partial charge is 0.394 e. The number of likely N-dealkylation sites (tertiary alicyclic amines) is 1. The third-order valence-corrected chi connectivity index (χ3v) is 7.40. The van der Waals surface area contributed by atoms with Crippen molar-refractivity contribution in [3.05, 3.63) is 47.0 Å². The Labute approximate surface area is 191 Å². The van der Waals surface area contributed by atoms with Crippen molar-refractivity contribution in [2.75, 3.05) is 19.7 Å². The first-order chi connectivity index (χ1) is 15.6. The van der Waals surface area contributed by atoms with Crippen molar-refractivity contribution < 1.29 is 14.7 Å². The van der Waals surface area contributed by atoms with Gasteiger partial charge < -0.3 is 15.3 Å². The minimum absolute atomic E-state index is 0.122. The molecule has 3 atom stereocenters. The minimum Gasteiger partial charge on any atom is -0.394 e. The highest BCUT2D eigenvalue weighted by Gasteiger charge is 2.33. The van der Waals surface area contributed by atoms with Gasteiger partial charge in [-0.05, 0) is 60.6 Å². The molecule has 1 unspecified atom stereocenters. The van der Waals surface area contributed by atoms with Crippen LogP contribution < -0.4 is 5.32 Å². The average molecular weight is 437 g/mol. The van der Waals surface area contributed by atoms with Crippen LogP contribution in [0.1, 0.15) is 69.4 Å². The molecule has 1 saturated carbocycles. The molecule has 2 fully saturated rings. The lowest BCUT2D eigenvalue weighted by Gasteiger charge is -2.36. The number of nitrogens with zero attached hydrogens (tertiary/aromatic N) is 1. The second-order valence-corrected chi connectivity index (χ2v) is 9.52. The van der Waals surface area contributed by atoms with E-state index in [1.807, 2.05) is 4.90 Å². The second-order valence-electron chi connectivity index (χ2n) is 9.52. The van der Waals surface area contributed by atoms with Crippen molar-refractivity contribution >= 4 is 23.5 Å². The monoisotopic (exact) mass is 436 g/mol. The van der Waals surface area contributed by atoms with Crippen molar-refractivity contribution in [2.24, 2.45) is 11.8 Å². The van der Waals surface area contributed by atoms with Gasteiger partial charge in [-0.2, -0.15) is 0 Å². The lowest BCUT2D eigenvalue weighted by atomic mass is 9.72. The highest BCUT2D eigenvalue weighted by Crippen LogP contribution is 2.46. The maximum absolute atomic E-state index is 12.8. The highest BCUT2D eigenvalue weighted by molar-refractivity contribution is 5.81. The van der Waals surface area contributed by atoms with Gasteiger partial charge in [-0.1, -0.05) is 54.8 Å². The van der Waals surface area contributed by atoms with Gasteiger partial charge in [-0.25, -0.2) is 0 Å². The lowest BCUT2D eigenvalue weighted by Crippen LogP contribution is -2.40.